The van der Waals surface area contributed by atoms with E-state index in [1.54, 1.807) is 12.1 Å². The van der Waals surface area contributed by atoms with E-state index >= 15 is 0 Å². The van der Waals surface area contributed by atoms with Crippen molar-refractivity contribution in [1.29, 1.82) is 0 Å². The molecule has 0 aromatic heterocycles. The van der Waals surface area contributed by atoms with Gasteiger partial charge in [-0.15, -0.1) is 0 Å². The molecule has 0 atom stereocenters. The van der Waals surface area contributed by atoms with Crippen LogP contribution in [0.5, 0.6) is 5.75 Å². The van der Waals surface area contributed by atoms with Crippen LogP contribution in [-0.4, -0.2) is 34.7 Å². The lowest BCUT2D eigenvalue weighted by molar-refractivity contribution is 0.281. The maximum Gasteiger partial charge on any atom is 0.118 e. The van der Waals surface area contributed by atoms with E-state index in [1.165, 1.54) is 25.9 Å². The Morgan fingerprint density at radius 1 is 1.19 bits per heavy atom. The van der Waals surface area contributed by atoms with Crippen LogP contribution in [0.4, 0.5) is 0 Å². The molecule has 1 heterocycles. The minimum Gasteiger partial charge on any atom is -0.508 e. The largest absolute Gasteiger partial charge is 0.508 e. The molecule has 0 saturated carbocycles. The zero-order chi connectivity index (χ0) is 11.4. The summed E-state index contributed by atoms with van der Waals surface area (Å²) in [6.07, 6.45) is 3.45. The molecule has 1 aliphatic heterocycles. The Morgan fingerprint density at radius 2 is 1.94 bits per heavy atom. The minimum absolute atomic E-state index is 0.0387. The second kappa shape index (κ2) is 5.32. The Morgan fingerprint density at radius 3 is 2.62 bits per heavy atom. The van der Waals surface area contributed by atoms with Crippen LogP contribution in [0.1, 0.15) is 24.0 Å². The first-order valence-electron chi connectivity index (χ1n) is 5.93. The first kappa shape index (κ1) is 11.4. The van der Waals surface area contributed by atoms with Crippen molar-refractivity contribution in [3.63, 3.8) is 0 Å². The van der Waals surface area contributed by atoms with Crippen LogP contribution >= 0.6 is 0 Å². The summed E-state index contributed by atoms with van der Waals surface area (Å²) in [6, 6.07) is 5.32. The fraction of sp³-hybridized carbons (Fsp3) is 0.538. The summed E-state index contributed by atoms with van der Waals surface area (Å²) in [5.74, 6) is 0.344. The van der Waals surface area contributed by atoms with Gasteiger partial charge >= 0.3 is 0 Å². The molecule has 1 aromatic rings. The van der Waals surface area contributed by atoms with Gasteiger partial charge in [0, 0.05) is 6.54 Å². The molecule has 0 bridgehead atoms. The molecule has 0 spiro atoms. The number of likely N-dealkylation sites (tertiary alicyclic amines) is 1. The number of aliphatic hydroxyl groups excluding tert-OH is 1. The van der Waals surface area contributed by atoms with Crippen LogP contribution < -0.4 is 0 Å². The first-order chi connectivity index (χ1) is 7.79. The van der Waals surface area contributed by atoms with Gasteiger partial charge in [0.05, 0.1) is 6.61 Å². The number of hydrogen-bond acceptors (Lipinski definition) is 3. The van der Waals surface area contributed by atoms with Crippen LogP contribution in [-0.2, 0) is 13.0 Å². The van der Waals surface area contributed by atoms with Gasteiger partial charge in [-0.3, -0.25) is 0 Å². The smallest absolute Gasteiger partial charge is 0.118 e. The zero-order valence-electron chi connectivity index (χ0n) is 9.52. The number of rotatable bonds is 4. The van der Waals surface area contributed by atoms with Crippen LogP contribution in [0, 0.1) is 0 Å². The van der Waals surface area contributed by atoms with Crippen molar-refractivity contribution in [2.24, 2.45) is 0 Å². The molecule has 16 heavy (non-hydrogen) atoms. The van der Waals surface area contributed by atoms with Crippen LogP contribution in [0.25, 0.3) is 0 Å². The van der Waals surface area contributed by atoms with Crippen LogP contribution in [0.15, 0.2) is 18.2 Å². The number of phenols is 1. The fourth-order valence-corrected chi connectivity index (χ4v) is 2.22. The van der Waals surface area contributed by atoms with Gasteiger partial charge in [-0.25, -0.2) is 0 Å². The fourth-order valence-electron chi connectivity index (χ4n) is 2.22. The third kappa shape index (κ3) is 2.74. The molecular weight excluding hydrogens is 202 g/mol. The lowest BCUT2D eigenvalue weighted by Crippen LogP contribution is -2.21. The van der Waals surface area contributed by atoms with Gasteiger partial charge in [-0.05, 0) is 55.6 Å². The number of benzene rings is 1. The zero-order valence-corrected chi connectivity index (χ0v) is 9.52. The summed E-state index contributed by atoms with van der Waals surface area (Å²) in [4.78, 5) is 2.42. The van der Waals surface area contributed by atoms with Crippen molar-refractivity contribution in [2.45, 2.75) is 25.9 Å². The lowest BCUT2D eigenvalue weighted by Gasteiger charge is -2.15. The summed E-state index contributed by atoms with van der Waals surface area (Å²) in [7, 11) is 0. The van der Waals surface area contributed by atoms with Crippen molar-refractivity contribution >= 4 is 0 Å². The van der Waals surface area contributed by atoms with Gasteiger partial charge < -0.3 is 15.1 Å². The Balaban J connectivity index is 1.96. The molecule has 88 valence electrons. The summed E-state index contributed by atoms with van der Waals surface area (Å²) in [6.45, 7) is 3.40. The molecule has 2 N–H and O–H groups in total. The molecule has 0 aliphatic carbocycles. The highest BCUT2D eigenvalue weighted by Gasteiger charge is 2.12. The van der Waals surface area contributed by atoms with Gasteiger partial charge in [0.2, 0.25) is 0 Å². The molecular formula is C13H19NO2. The Bertz CT molecular complexity index is 346. The quantitative estimate of drug-likeness (QED) is 0.810. The maximum atomic E-state index is 9.70. The summed E-state index contributed by atoms with van der Waals surface area (Å²) in [5.41, 5.74) is 1.81. The number of nitrogens with zero attached hydrogens (tertiary/aromatic N) is 1. The summed E-state index contributed by atoms with van der Waals surface area (Å²) in [5, 5.41) is 18.7. The molecule has 1 aliphatic rings. The Hall–Kier alpha value is -1.06. The van der Waals surface area contributed by atoms with Crippen molar-refractivity contribution in [3.8, 4) is 5.75 Å². The first-order valence-corrected chi connectivity index (χ1v) is 5.93. The molecule has 0 amide bonds. The summed E-state index contributed by atoms with van der Waals surface area (Å²) >= 11 is 0. The standard InChI is InChI=1S/C13H19NO2/c15-10-11-3-4-13(16)12(9-11)5-8-14-6-1-2-7-14/h3-4,9,15-16H,1-2,5-8,10H2. The number of hydrogen-bond donors (Lipinski definition) is 2. The van der Waals surface area contributed by atoms with Gasteiger partial charge in [0.1, 0.15) is 5.75 Å². The van der Waals surface area contributed by atoms with Gasteiger partial charge in [0.15, 0.2) is 0 Å². The third-order valence-corrected chi connectivity index (χ3v) is 3.22. The molecule has 1 fully saturated rings. The van der Waals surface area contributed by atoms with E-state index in [0.29, 0.717) is 5.75 Å². The van der Waals surface area contributed by atoms with E-state index in [9.17, 15) is 5.11 Å². The topological polar surface area (TPSA) is 43.7 Å². The molecule has 0 unspecified atom stereocenters. The van der Waals surface area contributed by atoms with E-state index in [-0.39, 0.29) is 6.61 Å². The van der Waals surface area contributed by atoms with E-state index < -0.39 is 0 Å². The molecule has 3 nitrogen and oxygen atoms in total. The van der Waals surface area contributed by atoms with Gasteiger partial charge in [0.25, 0.3) is 0 Å². The highest BCUT2D eigenvalue weighted by atomic mass is 16.3. The van der Waals surface area contributed by atoms with Gasteiger partial charge in [-0.2, -0.15) is 0 Å². The highest BCUT2D eigenvalue weighted by molar-refractivity contribution is 5.36. The average molecular weight is 221 g/mol. The van der Waals surface area contributed by atoms with Crippen LogP contribution in [0.2, 0.25) is 0 Å². The van der Waals surface area contributed by atoms with Crippen molar-refractivity contribution in [1.82, 2.24) is 4.90 Å². The third-order valence-electron chi connectivity index (χ3n) is 3.22. The Kier molecular flexibility index (Phi) is 3.80. The highest BCUT2D eigenvalue weighted by Crippen LogP contribution is 2.20. The van der Waals surface area contributed by atoms with Crippen molar-refractivity contribution in [3.05, 3.63) is 29.3 Å². The normalized spacial score (nSPS) is 16.8. The second-order valence-electron chi connectivity index (χ2n) is 4.42. The Labute approximate surface area is 96.3 Å². The van der Waals surface area contributed by atoms with E-state index in [0.717, 1.165) is 24.1 Å². The van der Waals surface area contributed by atoms with Crippen molar-refractivity contribution < 1.29 is 10.2 Å². The number of aromatic hydroxyl groups is 1. The molecule has 1 aromatic carbocycles. The van der Waals surface area contributed by atoms with E-state index in [1.807, 2.05) is 6.07 Å². The maximum absolute atomic E-state index is 9.70. The number of phenolic OH excluding ortho intramolecular Hbond substituents is 1. The molecule has 2 rings (SSSR count). The monoisotopic (exact) mass is 221 g/mol. The van der Waals surface area contributed by atoms with Gasteiger partial charge in [-0.1, -0.05) is 6.07 Å². The average Bonchev–Trinajstić information content (AvgIpc) is 2.81. The second-order valence-corrected chi connectivity index (χ2v) is 4.42. The van der Waals surface area contributed by atoms with Crippen molar-refractivity contribution in [2.75, 3.05) is 19.6 Å². The molecule has 3 heteroatoms. The minimum atomic E-state index is 0.0387. The predicted octanol–water partition coefficient (Wildman–Crippen LogP) is 1.52. The SMILES string of the molecule is OCc1ccc(O)c(CCN2CCCC2)c1. The summed E-state index contributed by atoms with van der Waals surface area (Å²) < 4.78 is 0. The van der Waals surface area contributed by atoms with Crippen LogP contribution in [0.3, 0.4) is 0 Å². The predicted molar refractivity (Wildman–Crippen MR) is 63.4 cm³/mol. The number of aliphatic hydroxyl groups is 1. The lowest BCUT2D eigenvalue weighted by atomic mass is 10.1. The van der Waals surface area contributed by atoms with E-state index in [4.69, 9.17) is 5.11 Å². The molecule has 0 radical (unpaired) electrons. The van der Waals surface area contributed by atoms with E-state index in [2.05, 4.69) is 4.90 Å². The molecule has 1 saturated heterocycles.